The molecular formula is C12H21NO2. The zero-order valence-corrected chi connectivity index (χ0v) is 10.0. The molecular weight excluding hydrogens is 190 g/mol. The summed E-state index contributed by atoms with van der Waals surface area (Å²) in [6, 6.07) is 4.27. The van der Waals surface area contributed by atoms with Gasteiger partial charge in [-0.05, 0) is 32.0 Å². The molecule has 1 aromatic rings. The van der Waals surface area contributed by atoms with Crippen LogP contribution in [0.25, 0.3) is 0 Å². The third kappa shape index (κ3) is 3.36. The highest BCUT2D eigenvalue weighted by Gasteiger charge is 2.14. The van der Waals surface area contributed by atoms with Gasteiger partial charge in [-0.3, -0.25) is 4.90 Å². The van der Waals surface area contributed by atoms with Gasteiger partial charge in [-0.15, -0.1) is 0 Å². The van der Waals surface area contributed by atoms with E-state index in [9.17, 15) is 0 Å². The maximum atomic E-state index is 8.88. The molecule has 0 aliphatic rings. The molecule has 0 amide bonds. The van der Waals surface area contributed by atoms with E-state index in [0.717, 1.165) is 12.3 Å². The van der Waals surface area contributed by atoms with E-state index < -0.39 is 0 Å². The minimum atomic E-state index is -0.0244. The molecule has 0 saturated heterocycles. The molecule has 1 rings (SSSR count). The Morgan fingerprint density at radius 3 is 2.33 bits per heavy atom. The summed E-state index contributed by atoms with van der Waals surface area (Å²) in [5.41, 5.74) is 0. The minimum Gasteiger partial charge on any atom is -0.462 e. The highest BCUT2D eigenvalue weighted by atomic mass is 16.4. The van der Waals surface area contributed by atoms with Crippen molar-refractivity contribution in [2.45, 2.75) is 40.0 Å². The fraction of sp³-hybridized carbons (Fsp3) is 0.667. The van der Waals surface area contributed by atoms with Gasteiger partial charge in [0, 0.05) is 6.04 Å². The Labute approximate surface area is 91.7 Å². The molecule has 0 spiro atoms. The van der Waals surface area contributed by atoms with Gasteiger partial charge in [0.2, 0.25) is 0 Å². The van der Waals surface area contributed by atoms with Crippen LogP contribution in [0, 0.1) is 5.92 Å². The van der Waals surface area contributed by atoms with Gasteiger partial charge in [0.15, 0.2) is 0 Å². The fourth-order valence-corrected chi connectivity index (χ4v) is 1.49. The number of hydrogen-bond acceptors (Lipinski definition) is 3. The Hall–Kier alpha value is -0.800. The van der Waals surface area contributed by atoms with Crippen molar-refractivity contribution in [2.24, 2.45) is 5.92 Å². The quantitative estimate of drug-likeness (QED) is 0.811. The highest BCUT2D eigenvalue weighted by Crippen LogP contribution is 2.14. The van der Waals surface area contributed by atoms with Crippen LogP contribution in [0.2, 0.25) is 0 Å². The summed E-state index contributed by atoms with van der Waals surface area (Å²) in [5.74, 6) is 2.17. The molecule has 1 atom stereocenters. The topological polar surface area (TPSA) is 36.6 Å². The number of rotatable bonds is 5. The predicted molar refractivity (Wildman–Crippen MR) is 60.4 cm³/mol. The largest absolute Gasteiger partial charge is 0.462 e. The molecule has 0 bridgehead atoms. The first-order chi connectivity index (χ1) is 7.04. The molecule has 0 radical (unpaired) electrons. The van der Waals surface area contributed by atoms with E-state index >= 15 is 0 Å². The standard InChI is InChI=1S/C12H21NO2/c1-9(2)10(3)13(4)7-11-5-6-12(8-14)15-11/h5-6,9-10,14H,7-8H2,1-4H3. The second-order valence-electron chi connectivity index (χ2n) is 4.43. The molecule has 3 nitrogen and oxygen atoms in total. The van der Waals surface area contributed by atoms with E-state index in [4.69, 9.17) is 9.52 Å². The SMILES string of the molecule is CC(C)C(C)N(C)Cc1ccc(CO)o1. The van der Waals surface area contributed by atoms with Crippen molar-refractivity contribution in [2.75, 3.05) is 7.05 Å². The van der Waals surface area contributed by atoms with E-state index in [1.54, 1.807) is 0 Å². The van der Waals surface area contributed by atoms with Gasteiger partial charge in [0.05, 0.1) is 6.54 Å². The fourth-order valence-electron chi connectivity index (χ4n) is 1.49. The molecule has 3 heteroatoms. The molecule has 0 fully saturated rings. The number of aliphatic hydroxyl groups excluding tert-OH is 1. The summed E-state index contributed by atoms with van der Waals surface area (Å²) in [5, 5.41) is 8.88. The zero-order valence-electron chi connectivity index (χ0n) is 10.0. The summed E-state index contributed by atoms with van der Waals surface area (Å²) in [7, 11) is 2.09. The van der Waals surface area contributed by atoms with E-state index in [1.165, 1.54) is 0 Å². The number of nitrogens with zero attached hydrogens (tertiary/aromatic N) is 1. The monoisotopic (exact) mass is 211 g/mol. The molecule has 86 valence electrons. The van der Waals surface area contributed by atoms with Gasteiger partial charge in [-0.1, -0.05) is 13.8 Å². The Balaban J connectivity index is 2.54. The van der Waals surface area contributed by atoms with Crippen molar-refractivity contribution >= 4 is 0 Å². The molecule has 1 heterocycles. The van der Waals surface area contributed by atoms with Crippen LogP contribution in [0.5, 0.6) is 0 Å². The second-order valence-corrected chi connectivity index (χ2v) is 4.43. The molecule has 1 N–H and O–H groups in total. The molecule has 1 aromatic heterocycles. The van der Waals surface area contributed by atoms with Gasteiger partial charge >= 0.3 is 0 Å². The lowest BCUT2D eigenvalue weighted by atomic mass is 10.1. The van der Waals surface area contributed by atoms with Crippen LogP contribution in [0.3, 0.4) is 0 Å². The lowest BCUT2D eigenvalue weighted by Gasteiger charge is -2.26. The lowest BCUT2D eigenvalue weighted by Crippen LogP contribution is -2.32. The summed E-state index contributed by atoms with van der Waals surface area (Å²) < 4.78 is 5.44. The smallest absolute Gasteiger partial charge is 0.129 e. The lowest BCUT2D eigenvalue weighted by molar-refractivity contribution is 0.180. The van der Waals surface area contributed by atoms with Crippen molar-refractivity contribution < 1.29 is 9.52 Å². The Morgan fingerprint density at radius 1 is 1.27 bits per heavy atom. The van der Waals surface area contributed by atoms with E-state index in [0.29, 0.717) is 17.7 Å². The average molecular weight is 211 g/mol. The third-order valence-electron chi connectivity index (χ3n) is 2.94. The predicted octanol–water partition coefficient (Wildman–Crippen LogP) is 2.25. The van der Waals surface area contributed by atoms with Crippen LogP contribution >= 0.6 is 0 Å². The third-order valence-corrected chi connectivity index (χ3v) is 2.94. The molecule has 0 aliphatic carbocycles. The zero-order chi connectivity index (χ0) is 11.4. The van der Waals surface area contributed by atoms with Crippen molar-refractivity contribution in [1.82, 2.24) is 4.90 Å². The first-order valence-corrected chi connectivity index (χ1v) is 5.43. The van der Waals surface area contributed by atoms with Gasteiger partial charge in [-0.2, -0.15) is 0 Å². The summed E-state index contributed by atoms with van der Waals surface area (Å²) in [6.07, 6.45) is 0. The summed E-state index contributed by atoms with van der Waals surface area (Å²) in [6.45, 7) is 7.40. The Kier molecular flexibility index (Phi) is 4.36. The average Bonchev–Trinajstić information content (AvgIpc) is 2.64. The molecule has 0 aliphatic heterocycles. The Morgan fingerprint density at radius 2 is 1.87 bits per heavy atom. The van der Waals surface area contributed by atoms with Crippen molar-refractivity contribution in [3.63, 3.8) is 0 Å². The van der Waals surface area contributed by atoms with Crippen molar-refractivity contribution in [3.8, 4) is 0 Å². The minimum absolute atomic E-state index is 0.0244. The first-order valence-electron chi connectivity index (χ1n) is 5.43. The molecule has 15 heavy (non-hydrogen) atoms. The van der Waals surface area contributed by atoms with Crippen LogP contribution in [-0.2, 0) is 13.2 Å². The summed E-state index contributed by atoms with van der Waals surface area (Å²) in [4.78, 5) is 2.25. The highest BCUT2D eigenvalue weighted by molar-refractivity contribution is 5.06. The van der Waals surface area contributed by atoms with Gasteiger partial charge in [0.1, 0.15) is 18.1 Å². The van der Waals surface area contributed by atoms with E-state index in [2.05, 4.69) is 32.7 Å². The normalized spacial score (nSPS) is 13.8. The number of furan rings is 1. The molecule has 1 unspecified atom stereocenters. The maximum Gasteiger partial charge on any atom is 0.129 e. The van der Waals surface area contributed by atoms with E-state index in [-0.39, 0.29) is 6.61 Å². The van der Waals surface area contributed by atoms with Crippen molar-refractivity contribution in [3.05, 3.63) is 23.7 Å². The van der Waals surface area contributed by atoms with Crippen LogP contribution in [0.15, 0.2) is 16.5 Å². The molecule has 0 saturated carbocycles. The Bertz CT molecular complexity index is 294. The van der Waals surface area contributed by atoms with Crippen LogP contribution < -0.4 is 0 Å². The maximum absolute atomic E-state index is 8.88. The van der Waals surface area contributed by atoms with Gasteiger partial charge in [-0.25, -0.2) is 0 Å². The van der Waals surface area contributed by atoms with Gasteiger partial charge < -0.3 is 9.52 Å². The van der Waals surface area contributed by atoms with Crippen LogP contribution in [0.4, 0.5) is 0 Å². The van der Waals surface area contributed by atoms with Crippen molar-refractivity contribution in [1.29, 1.82) is 0 Å². The number of aliphatic hydroxyl groups is 1. The number of hydrogen-bond donors (Lipinski definition) is 1. The second kappa shape index (κ2) is 5.33. The van der Waals surface area contributed by atoms with Gasteiger partial charge in [0.25, 0.3) is 0 Å². The van der Waals surface area contributed by atoms with E-state index in [1.807, 2.05) is 12.1 Å². The van der Waals surface area contributed by atoms with Crippen LogP contribution in [0.1, 0.15) is 32.3 Å². The summed E-state index contributed by atoms with van der Waals surface area (Å²) >= 11 is 0. The van der Waals surface area contributed by atoms with Crippen LogP contribution in [-0.4, -0.2) is 23.1 Å². The molecule has 0 aromatic carbocycles. The first kappa shape index (κ1) is 12.3.